The molecule has 0 aromatic carbocycles. The number of hydrogen-bond donors (Lipinski definition) is 2. The van der Waals surface area contributed by atoms with Crippen molar-refractivity contribution in [2.75, 3.05) is 0 Å². The monoisotopic (exact) mass is 414 g/mol. The van der Waals surface area contributed by atoms with Crippen molar-refractivity contribution in [2.24, 2.45) is 0 Å². The van der Waals surface area contributed by atoms with Crippen molar-refractivity contribution in [1.82, 2.24) is 0 Å². The van der Waals surface area contributed by atoms with Crippen LogP contribution in [0, 0.1) is 20.2 Å². The first kappa shape index (κ1) is 26.9. The summed E-state index contributed by atoms with van der Waals surface area (Å²) in [6.07, 6.45) is 9.82. The van der Waals surface area contributed by atoms with Gasteiger partial charge >= 0.3 is 0 Å². The Morgan fingerprint density at radius 2 is 1.34 bits per heavy atom. The molecule has 0 amide bonds. The molecule has 0 bridgehead atoms. The lowest BCUT2D eigenvalue weighted by Crippen LogP contribution is -2.33. The Hall–Kier alpha value is -2.13. The molecule has 4 unspecified atom stereocenters. The van der Waals surface area contributed by atoms with Crippen molar-refractivity contribution in [1.29, 1.82) is 0 Å². The van der Waals surface area contributed by atoms with E-state index in [9.17, 15) is 35.2 Å². The molecule has 29 heavy (non-hydrogen) atoms. The van der Waals surface area contributed by atoms with Crippen molar-refractivity contribution < 1.29 is 24.9 Å². The quantitative estimate of drug-likeness (QED) is 0.115. The Balaban J connectivity index is 4.56. The van der Waals surface area contributed by atoms with Gasteiger partial charge in [0.25, 0.3) is 0 Å². The van der Waals surface area contributed by atoms with Crippen LogP contribution in [0.1, 0.15) is 71.1 Å². The number of rotatable bonds is 18. The highest BCUT2D eigenvalue weighted by Crippen LogP contribution is 2.14. The fourth-order valence-corrected chi connectivity index (χ4v) is 2.86. The van der Waals surface area contributed by atoms with Crippen LogP contribution in [-0.2, 0) is 4.79 Å². The average Bonchev–Trinajstić information content (AvgIpc) is 2.66. The standard InChI is InChI=1S/C20H34N2O7/c1-2-3-4-5-6-7-14-19(24)17(21(26)27)12-8-9-13-18(22(28)29)20(25)15-10-11-16-23/h6-9,16-20,24-25H,2-5,10-15H2,1H3/b7-6-,9-8-. The number of aliphatic hydroxyl groups is 2. The van der Waals surface area contributed by atoms with Gasteiger partial charge in [0, 0.05) is 29.1 Å². The second-order valence-electron chi connectivity index (χ2n) is 7.08. The van der Waals surface area contributed by atoms with Crippen molar-refractivity contribution in [3.63, 3.8) is 0 Å². The molecule has 166 valence electrons. The Kier molecular flexibility index (Phi) is 15.6. The molecule has 0 aromatic heterocycles. The van der Waals surface area contributed by atoms with Crippen LogP contribution >= 0.6 is 0 Å². The Labute approximate surface area is 171 Å². The van der Waals surface area contributed by atoms with Crippen LogP contribution in [0.3, 0.4) is 0 Å². The number of aldehydes is 1. The fourth-order valence-electron chi connectivity index (χ4n) is 2.86. The van der Waals surface area contributed by atoms with Crippen LogP contribution in [0.2, 0.25) is 0 Å². The van der Waals surface area contributed by atoms with E-state index in [0.29, 0.717) is 12.7 Å². The van der Waals surface area contributed by atoms with Gasteiger partial charge in [-0.25, -0.2) is 0 Å². The maximum absolute atomic E-state index is 11.2. The topological polar surface area (TPSA) is 144 Å². The minimum Gasteiger partial charge on any atom is -0.386 e. The number of nitro groups is 2. The van der Waals surface area contributed by atoms with Crippen LogP contribution in [0.25, 0.3) is 0 Å². The predicted octanol–water partition coefficient (Wildman–Crippen LogP) is 3.23. The third kappa shape index (κ3) is 12.8. The van der Waals surface area contributed by atoms with E-state index in [2.05, 4.69) is 6.92 Å². The molecule has 0 spiro atoms. The normalized spacial score (nSPS) is 16.0. The van der Waals surface area contributed by atoms with Crippen LogP contribution in [0.4, 0.5) is 0 Å². The number of unbranched alkanes of at least 4 members (excludes halogenated alkanes) is 4. The van der Waals surface area contributed by atoms with Crippen LogP contribution in [0.5, 0.6) is 0 Å². The van der Waals surface area contributed by atoms with Crippen LogP contribution < -0.4 is 0 Å². The van der Waals surface area contributed by atoms with Crippen LogP contribution in [-0.4, -0.2) is 50.6 Å². The minimum atomic E-state index is -1.23. The van der Waals surface area contributed by atoms with Gasteiger partial charge < -0.3 is 15.0 Å². The first-order valence-corrected chi connectivity index (χ1v) is 10.2. The van der Waals surface area contributed by atoms with Gasteiger partial charge in [-0.3, -0.25) is 20.2 Å². The molecule has 0 radical (unpaired) electrons. The van der Waals surface area contributed by atoms with Crippen molar-refractivity contribution in [2.45, 2.75) is 95.4 Å². The summed E-state index contributed by atoms with van der Waals surface area (Å²) in [4.78, 5) is 31.5. The van der Waals surface area contributed by atoms with Gasteiger partial charge in [-0.15, -0.1) is 0 Å². The zero-order valence-electron chi connectivity index (χ0n) is 17.1. The van der Waals surface area contributed by atoms with Crippen molar-refractivity contribution in [3.05, 3.63) is 44.5 Å². The van der Waals surface area contributed by atoms with Gasteiger partial charge in [0.15, 0.2) is 0 Å². The fraction of sp³-hybridized carbons (Fsp3) is 0.750. The van der Waals surface area contributed by atoms with Gasteiger partial charge in [-0.1, -0.05) is 44.1 Å². The zero-order chi connectivity index (χ0) is 22.1. The van der Waals surface area contributed by atoms with E-state index in [1.54, 1.807) is 6.08 Å². The Morgan fingerprint density at radius 3 is 1.86 bits per heavy atom. The summed E-state index contributed by atoms with van der Waals surface area (Å²) in [5.41, 5.74) is 0. The minimum absolute atomic E-state index is 0.0521. The van der Waals surface area contributed by atoms with Crippen molar-refractivity contribution >= 4 is 6.29 Å². The summed E-state index contributed by atoms with van der Waals surface area (Å²) in [5, 5.41) is 42.3. The summed E-state index contributed by atoms with van der Waals surface area (Å²) in [6.45, 7) is 2.10. The van der Waals surface area contributed by atoms with E-state index in [1.165, 1.54) is 12.2 Å². The Morgan fingerprint density at radius 1 is 0.793 bits per heavy atom. The van der Waals surface area contributed by atoms with Crippen LogP contribution in [0.15, 0.2) is 24.3 Å². The maximum atomic E-state index is 11.2. The van der Waals surface area contributed by atoms with E-state index in [-0.39, 0.29) is 32.1 Å². The van der Waals surface area contributed by atoms with Gasteiger partial charge in [0.05, 0.1) is 0 Å². The molecule has 0 rings (SSSR count). The molecule has 0 aliphatic rings. The largest absolute Gasteiger partial charge is 0.386 e. The molecule has 4 atom stereocenters. The number of nitrogens with zero attached hydrogens (tertiary/aromatic N) is 2. The summed E-state index contributed by atoms with van der Waals surface area (Å²) in [6, 6.07) is -2.43. The molecule has 0 aliphatic heterocycles. The summed E-state index contributed by atoms with van der Waals surface area (Å²) < 4.78 is 0. The number of carbonyl (C=O) groups is 1. The lowest BCUT2D eigenvalue weighted by Gasteiger charge is -2.14. The molecular formula is C20H34N2O7. The van der Waals surface area contributed by atoms with Gasteiger partial charge in [0.1, 0.15) is 18.5 Å². The summed E-state index contributed by atoms with van der Waals surface area (Å²) in [5.74, 6) is 0. The molecule has 9 heteroatoms. The van der Waals surface area contributed by atoms with E-state index < -0.39 is 34.1 Å². The zero-order valence-corrected chi connectivity index (χ0v) is 17.1. The van der Waals surface area contributed by atoms with Gasteiger partial charge in [-0.05, 0) is 32.1 Å². The second-order valence-corrected chi connectivity index (χ2v) is 7.08. The lowest BCUT2D eigenvalue weighted by atomic mass is 10.0. The first-order chi connectivity index (χ1) is 13.8. The molecule has 0 aromatic rings. The summed E-state index contributed by atoms with van der Waals surface area (Å²) in [7, 11) is 0. The number of carbonyl (C=O) groups excluding carboxylic acids is 1. The highest BCUT2D eigenvalue weighted by molar-refractivity contribution is 5.48. The summed E-state index contributed by atoms with van der Waals surface area (Å²) >= 11 is 0. The smallest absolute Gasteiger partial charge is 0.242 e. The van der Waals surface area contributed by atoms with E-state index in [4.69, 9.17) is 0 Å². The number of hydrogen-bond acceptors (Lipinski definition) is 7. The molecular weight excluding hydrogens is 380 g/mol. The van der Waals surface area contributed by atoms with Gasteiger partial charge in [-0.2, -0.15) is 0 Å². The molecule has 0 heterocycles. The first-order valence-electron chi connectivity index (χ1n) is 10.2. The highest BCUT2D eigenvalue weighted by atomic mass is 16.6. The molecule has 9 nitrogen and oxygen atoms in total. The predicted molar refractivity (Wildman–Crippen MR) is 110 cm³/mol. The lowest BCUT2D eigenvalue weighted by molar-refractivity contribution is -0.534. The molecule has 2 N–H and O–H groups in total. The molecule has 0 fully saturated rings. The maximum Gasteiger partial charge on any atom is 0.242 e. The third-order valence-electron chi connectivity index (χ3n) is 4.69. The van der Waals surface area contributed by atoms with E-state index in [1.807, 2.05) is 6.08 Å². The number of allylic oxidation sites excluding steroid dienone is 1. The molecule has 0 saturated carbocycles. The molecule has 0 aliphatic carbocycles. The Bertz CT molecular complexity index is 537. The number of aliphatic hydroxyl groups excluding tert-OH is 2. The highest BCUT2D eigenvalue weighted by Gasteiger charge is 2.29. The SMILES string of the molecule is CCCCC/C=C\CC(O)C(C/C=C\CC(C(O)CCCC=O)[N+](=O)[O-])[N+](=O)[O-]. The second kappa shape index (κ2) is 16.8. The average molecular weight is 414 g/mol. The van der Waals surface area contributed by atoms with Gasteiger partial charge in [0.2, 0.25) is 12.1 Å². The van der Waals surface area contributed by atoms with E-state index in [0.717, 1.165) is 25.7 Å². The van der Waals surface area contributed by atoms with E-state index >= 15 is 0 Å². The molecule has 0 saturated heterocycles. The van der Waals surface area contributed by atoms with Crippen molar-refractivity contribution in [3.8, 4) is 0 Å². The third-order valence-corrected chi connectivity index (χ3v) is 4.69.